The number of rotatable bonds is 4. The molecule has 0 saturated carbocycles. The zero-order valence-electron chi connectivity index (χ0n) is 10.3. The van der Waals surface area contributed by atoms with Crippen molar-refractivity contribution in [1.82, 2.24) is 4.98 Å². The Morgan fingerprint density at radius 2 is 2.06 bits per heavy atom. The van der Waals surface area contributed by atoms with Gasteiger partial charge in [-0.3, -0.25) is 4.98 Å². The number of aliphatic hydroxyl groups is 1. The van der Waals surface area contributed by atoms with Crippen LogP contribution in [0.25, 0.3) is 0 Å². The molecular formula is C15H16FNO. The van der Waals surface area contributed by atoms with E-state index < -0.39 is 5.41 Å². The Morgan fingerprint density at radius 3 is 2.67 bits per heavy atom. The van der Waals surface area contributed by atoms with Crippen molar-refractivity contribution in [3.8, 4) is 0 Å². The molecule has 0 aliphatic heterocycles. The molecule has 0 bridgehead atoms. The monoisotopic (exact) mass is 245 g/mol. The van der Waals surface area contributed by atoms with Gasteiger partial charge in [-0.05, 0) is 29.8 Å². The molecule has 0 saturated heterocycles. The number of benzene rings is 1. The van der Waals surface area contributed by atoms with Gasteiger partial charge in [0.1, 0.15) is 5.82 Å². The molecule has 1 N–H and O–H groups in total. The standard InChI is InChI=1S/C15H16FNO/c1-15(11-18,10-14-7-2-3-8-17-14)12-5-4-6-13(16)9-12/h2-9,18H,10-11H2,1H3. The first-order valence-electron chi connectivity index (χ1n) is 5.91. The highest BCUT2D eigenvalue weighted by Gasteiger charge is 2.27. The maximum atomic E-state index is 13.3. The summed E-state index contributed by atoms with van der Waals surface area (Å²) in [5.74, 6) is -0.284. The van der Waals surface area contributed by atoms with Crippen molar-refractivity contribution in [2.24, 2.45) is 0 Å². The lowest BCUT2D eigenvalue weighted by molar-refractivity contribution is 0.203. The van der Waals surface area contributed by atoms with Gasteiger partial charge in [-0.1, -0.05) is 25.1 Å². The van der Waals surface area contributed by atoms with Crippen molar-refractivity contribution in [2.75, 3.05) is 6.61 Å². The zero-order chi connectivity index (χ0) is 13.0. The van der Waals surface area contributed by atoms with Crippen molar-refractivity contribution in [1.29, 1.82) is 0 Å². The normalized spacial score (nSPS) is 14.2. The highest BCUT2D eigenvalue weighted by Crippen LogP contribution is 2.27. The fourth-order valence-electron chi connectivity index (χ4n) is 2.02. The quantitative estimate of drug-likeness (QED) is 0.898. The van der Waals surface area contributed by atoms with Crippen LogP contribution in [-0.4, -0.2) is 16.7 Å². The van der Waals surface area contributed by atoms with Crippen LogP contribution in [0.4, 0.5) is 4.39 Å². The Bertz CT molecular complexity index is 515. The molecule has 2 rings (SSSR count). The van der Waals surface area contributed by atoms with Gasteiger partial charge < -0.3 is 5.11 Å². The third-order valence-corrected chi connectivity index (χ3v) is 3.17. The van der Waals surface area contributed by atoms with Crippen LogP contribution in [0.1, 0.15) is 18.2 Å². The maximum absolute atomic E-state index is 13.3. The number of aromatic nitrogens is 1. The lowest BCUT2D eigenvalue weighted by Crippen LogP contribution is -2.30. The summed E-state index contributed by atoms with van der Waals surface area (Å²) in [5.41, 5.74) is 1.16. The Labute approximate surface area is 106 Å². The molecule has 0 fully saturated rings. The molecule has 1 aromatic heterocycles. The molecule has 0 spiro atoms. The van der Waals surface area contributed by atoms with E-state index in [2.05, 4.69) is 4.98 Å². The van der Waals surface area contributed by atoms with Crippen molar-refractivity contribution >= 4 is 0 Å². The predicted octanol–water partition coefficient (Wildman–Crippen LogP) is 2.71. The number of nitrogens with zero attached hydrogens (tertiary/aromatic N) is 1. The van der Waals surface area contributed by atoms with E-state index in [4.69, 9.17) is 0 Å². The zero-order valence-corrected chi connectivity index (χ0v) is 10.3. The Morgan fingerprint density at radius 1 is 1.22 bits per heavy atom. The number of aliphatic hydroxyl groups excluding tert-OH is 1. The summed E-state index contributed by atoms with van der Waals surface area (Å²) in [7, 11) is 0. The van der Waals surface area contributed by atoms with Gasteiger partial charge in [0.25, 0.3) is 0 Å². The minimum atomic E-state index is -0.517. The predicted molar refractivity (Wildman–Crippen MR) is 68.8 cm³/mol. The molecule has 1 heterocycles. The molecule has 0 aliphatic carbocycles. The summed E-state index contributed by atoms with van der Waals surface area (Å²) >= 11 is 0. The fourth-order valence-corrected chi connectivity index (χ4v) is 2.02. The summed E-state index contributed by atoms with van der Waals surface area (Å²) in [6.45, 7) is 1.86. The largest absolute Gasteiger partial charge is 0.395 e. The van der Waals surface area contributed by atoms with Gasteiger partial charge in [0.2, 0.25) is 0 Å². The molecule has 0 radical (unpaired) electrons. The smallest absolute Gasteiger partial charge is 0.123 e. The minimum absolute atomic E-state index is 0.0486. The van der Waals surface area contributed by atoms with E-state index in [-0.39, 0.29) is 12.4 Å². The SMILES string of the molecule is CC(CO)(Cc1ccccn1)c1cccc(F)c1. The molecule has 1 unspecified atom stereocenters. The molecular weight excluding hydrogens is 229 g/mol. The lowest BCUT2D eigenvalue weighted by atomic mass is 9.79. The van der Waals surface area contributed by atoms with Crippen LogP contribution in [0.15, 0.2) is 48.7 Å². The van der Waals surface area contributed by atoms with E-state index in [9.17, 15) is 9.50 Å². The van der Waals surface area contributed by atoms with Gasteiger partial charge in [-0.2, -0.15) is 0 Å². The maximum Gasteiger partial charge on any atom is 0.123 e. The number of hydrogen-bond donors (Lipinski definition) is 1. The van der Waals surface area contributed by atoms with E-state index >= 15 is 0 Å². The fraction of sp³-hybridized carbons (Fsp3) is 0.267. The van der Waals surface area contributed by atoms with Crippen LogP contribution in [0.3, 0.4) is 0 Å². The van der Waals surface area contributed by atoms with Crippen LogP contribution in [0, 0.1) is 5.82 Å². The van der Waals surface area contributed by atoms with E-state index in [1.54, 1.807) is 12.3 Å². The minimum Gasteiger partial charge on any atom is -0.395 e. The topological polar surface area (TPSA) is 33.1 Å². The average molecular weight is 245 g/mol. The van der Waals surface area contributed by atoms with E-state index in [1.165, 1.54) is 12.1 Å². The second-order valence-corrected chi connectivity index (χ2v) is 4.73. The Balaban J connectivity index is 2.31. The highest BCUT2D eigenvalue weighted by molar-refractivity contribution is 5.27. The van der Waals surface area contributed by atoms with Crippen molar-refractivity contribution in [3.63, 3.8) is 0 Å². The Hall–Kier alpha value is -1.74. The van der Waals surface area contributed by atoms with E-state index in [1.807, 2.05) is 31.2 Å². The molecule has 2 nitrogen and oxygen atoms in total. The van der Waals surface area contributed by atoms with Gasteiger partial charge in [-0.25, -0.2) is 4.39 Å². The summed E-state index contributed by atoms with van der Waals surface area (Å²) in [5, 5.41) is 9.64. The number of hydrogen-bond acceptors (Lipinski definition) is 2. The summed E-state index contributed by atoms with van der Waals surface area (Å²) in [4.78, 5) is 4.25. The van der Waals surface area contributed by atoms with Gasteiger partial charge in [0.15, 0.2) is 0 Å². The molecule has 2 aromatic rings. The number of pyridine rings is 1. The molecule has 0 aliphatic rings. The molecule has 0 amide bonds. The second kappa shape index (κ2) is 5.27. The van der Waals surface area contributed by atoms with Gasteiger partial charge in [-0.15, -0.1) is 0 Å². The van der Waals surface area contributed by atoms with Gasteiger partial charge in [0, 0.05) is 23.7 Å². The molecule has 18 heavy (non-hydrogen) atoms. The van der Waals surface area contributed by atoms with Crippen LogP contribution < -0.4 is 0 Å². The first-order valence-corrected chi connectivity index (χ1v) is 5.91. The van der Waals surface area contributed by atoms with Gasteiger partial charge >= 0.3 is 0 Å². The van der Waals surface area contributed by atoms with Crippen LogP contribution >= 0.6 is 0 Å². The summed E-state index contributed by atoms with van der Waals surface area (Å²) in [6.07, 6.45) is 2.30. The summed E-state index contributed by atoms with van der Waals surface area (Å²) < 4.78 is 13.3. The second-order valence-electron chi connectivity index (χ2n) is 4.73. The first kappa shape index (κ1) is 12.7. The molecule has 3 heteroatoms. The third-order valence-electron chi connectivity index (χ3n) is 3.17. The van der Waals surface area contributed by atoms with Crippen LogP contribution in [-0.2, 0) is 11.8 Å². The van der Waals surface area contributed by atoms with Crippen molar-refractivity contribution in [3.05, 3.63) is 65.7 Å². The van der Waals surface area contributed by atoms with Crippen LogP contribution in [0.2, 0.25) is 0 Å². The van der Waals surface area contributed by atoms with E-state index in [0.29, 0.717) is 6.42 Å². The molecule has 1 atom stereocenters. The van der Waals surface area contributed by atoms with Gasteiger partial charge in [0.05, 0.1) is 6.61 Å². The van der Waals surface area contributed by atoms with Crippen LogP contribution in [0.5, 0.6) is 0 Å². The third kappa shape index (κ3) is 2.74. The average Bonchev–Trinajstić information content (AvgIpc) is 2.40. The van der Waals surface area contributed by atoms with E-state index in [0.717, 1.165) is 11.3 Å². The number of halogens is 1. The van der Waals surface area contributed by atoms with Crippen molar-refractivity contribution in [2.45, 2.75) is 18.8 Å². The Kier molecular flexibility index (Phi) is 3.72. The lowest BCUT2D eigenvalue weighted by Gasteiger charge is -2.27. The highest BCUT2D eigenvalue weighted by atomic mass is 19.1. The molecule has 94 valence electrons. The molecule has 1 aromatic carbocycles. The summed E-state index contributed by atoms with van der Waals surface area (Å²) in [6, 6.07) is 12.0. The van der Waals surface area contributed by atoms with Crippen molar-refractivity contribution < 1.29 is 9.50 Å². The first-order chi connectivity index (χ1) is 8.64.